The summed E-state index contributed by atoms with van der Waals surface area (Å²) in [5, 5.41) is 4.63. The Morgan fingerprint density at radius 3 is 3.11 bits per heavy atom. The first-order valence-corrected chi connectivity index (χ1v) is 7.33. The van der Waals surface area contributed by atoms with E-state index < -0.39 is 0 Å². The molecule has 0 saturated carbocycles. The summed E-state index contributed by atoms with van der Waals surface area (Å²) in [5.74, 6) is 0.967. The second-order valence-electron chi connectivity index (χ2n) is 4.76. The van der Waals surface area contributed by atoms with E-state index in [1.807, 2.05) is 22.8 Å². The Morgan fingerprint density at radius 1 is 1.39 bits per heavy atom. The van der Waals surface area contributed by atoms with Gasteiger partial charge in [0.2, 0.25) is 0 Å². The lowest BCUT2D eigenvalue weighted by molar-refractivity contribution is 0.150. The van der Waals surface area contributed by atoms with Crippen molar-refractivity contribution in [3.8, 4) is 0 Å². The summed E-state index contributed by atoms with van der Waals surface area (Å²) < 4.78 is 2.89. The molecule has 1 aliphatic rings. The van der Waals surface area contributed by atoms with E-state index in [0.717, 1.165) is 22.5 Å². The van der Waals surface area contributed by atoms with Crippen molar-refractivity contribution in [3.63, 3.8) is 0 Å². The summed E-state index contributed by atoms with van der Waals surface area (Å²) >= 11 is 3.46. The third kappa shape index (κ3) is 2.17. The van der Waals surface area contributed by atoms with Crippen molar-refractivity contribution >= 4 is 21.6 Å². The molecule has 1 fully saturated rings. The Morgan fingerprint density at radius 2 is 2.28 bits per heavy atom. The van der Waals surface area contributed by atoms with Crippen LogP contribution < -0.4 is 0 Å². The second kappa shape index (κ2) is 4.97. The molecule has 2 aromatic heterocycles. The van der Waals surface area contributed by atoms with Crippen molar-refractivity contribution in [2.75, 3.05) is 13.1 Å². The van der Waals surface area contributed by atoms with Gasteiger partial charge in [-0.2, -0.15) is 0 Å². The lowest BCUT2D eigenvalue weighted by Gasteiger charge is -2.32. The minimum Gasteiger partial charge on any atom is -0.294 e. The van der Waals surface area contributed by atoms with Crippen LogP contribution in [-0.4, -0.2) is 32.6 Å². The van der Waals surface area contributed by atoms with E-state index in [2.05, 4.69) is 37.8 Å². The third-order valence-corrected chi connectivity index (χ3v) is 4.10. The number of halogens is 1. The normalized spacial score (nSPS) is 21.6. The molecule has 1 aliphatic heterocycles. The molecule has 0 amide bonds. The Hall–Kier alpha value is -0.940. The maximum Gasteiger partial charge on any atom is 0.168 e. The number of fused-ring (bicyclic) bond motifs is 1. The van der Waals surface area contributed by atoms with Crippen LogP contribution in [-0.2, 0) is 0 Å². The molecule has 2 aromatic rings. The molecule has 96 valence electrons. The van der Waals surface area contributed by atoms with E-state index in [4.69, 9.17) is 0 Å². The minimum absolute atomic E-state index is 0.391. The third-order valence-electron chi connectivity index (χ3n) is 3.63. The van der Waals surface area contributed by atoms with Crippen LogP contribution in [0.3, 0.4) is 0 Å². The Balaban J connectivity index is 1.97. The first-order valence-electron chi connectivity index (χ1n) is 6.54. The molecule has 0 bridgehead atoms. The molecule has 3 heterocycles. The van der Waals surface area contributed by atoms with Crippen LogP contribution in [0.15, 0.2) is 22.8 Å². The fourth-order valence-corrected chi connectivity index (χ4v) is 3.00. The van der Waals surface area contributed by atoms with Crippen LogP contribution in [0.2, 0.25) is 0 Å². The van der Waals surface area contributed by atoms with Crippen LogP contribution in [0.25, 0.3) is 5.65 Å². The Kier molecular flexibility index (Phi) is 3.35. The quantitative estimate of drug-likeness (QED) is 0.855. The predicted octanol–water partition coefficient (Wildman–Crippen LogP) is 3.04. The SMILES string of the molecule is CCN1CCCCC1c1nc2ccc(Br)cn2n1. The van der Waals surface area contributed by atoms with Crippen LogP contribution in [0.5, 0.6) is 0 Å². The first kappa shape index (κ1) is 12.1. The van der Waals surface area contributed by atoms with Crippen molar-refractivity contribution in [1.29, 1.82) is 0 Å². The van der Waals surface area contributed by atoms with E-state index >= 15 is 0 Å². The van der Waals surface area contributed by atoms with Gasteiger partial charge in [-0.15, -0.1) is 5.10 Å². The zero-order chi connectivity index (χ0) is 12.5. The highest BCUT2D eigenvalue weighted by atomic mass is 79.9. The van der Waals surface area contributed by atoms with Gasteiger partial charge in [0.15, 0.2) is 11.5 Å². The van der Waals surface area contributed by atoms with E-state index in [0.29, 0.717) is 6.04 Å². The Labute approximate surface area is 115 Å². The van der Waals surface area contributed by atoms with Crippen LogP contribution in [0, 0.1) is 0 Å². The van der Waals surface area contributed by atoms with Crippen molar-refractivity contribution in [1.82, 2.24) is 19.5 Å². The van der Waals surface area contributed by atoms with Crippen molar-refractivity contribution in [3.05, 3.63) is 28.6 Å². The highest BCUT2D eigenvalue weighted by Crippen LogP contribution is 2.28. The summed E-state index contributed by atoms with van der Waals surface area (Å²) in [7, 11) is 0. The molecule has 1 saturated heterocycles. The van der Waals surface area contributed by atoms with Crippen molar-refractivity contribution < 1.29 is 0 Å². The molecule has 0 N–H and O–H groups in total. The van der Waals surface area contributed by atoms with Gasteiger partial charge in [-0.3, -0.25) is 4.90 Å². The molecule has 0 aromatic carbocycles. The molecule has 0 spiro atoms. The summed E-state index contributed by atoms with van der Waals surface area (Å²) in [4.78, 5) is 7.14. The maximum absolute atomic E-state index is 4.67. The molecular formula is C13H17BrN4. The van der Waals surface area contributed by atoms with Crippen LogP contribution in [0.1, 0.15) is 38.1 Å². The number of aromatic nitrogens is 3. The van der Waals surface area contributed by atoms with E-state index in [-0.39, 0.29) is 0 Å². The maximum atomic E-state index is 4.67. The van der Waals surface area contributed by atoms with E-state index in [1.54, 1.807) is 0 Å². The zero-order valence-corrected chi connectivity index (χ0v) is 12.1. The number of nitrogens with zero attached hydrogens (tertiary/aromatic N) is 4. The molecule has 4 nitrogen and oxygen atoms in total. The molecule has 0 radical (unpaired) electrons. The number of likely N-dealkylation sites (tertiary alicyclic amines) is 1. The molecule has 18 heavy (non-hydrogen) atoms. The lowest BCUT2D eigenvalue weighted by Crippen LogP contribution is -2.33. The molecule has 3 rings (SSSR count). The van der Waals surface area contributed by atoms with E-state index in [9.17, 15) is 0 Å². The lowest BCUT2D eigenvalue weighted by atomic mass is 10.0. The van der Waals surface area contributed by atoms with Gasteiger partial charge in [0, 0.05) is 10.7 Å². The standard InChI is InChI=1S/C13H17BrN4/c1-2-17-8-4-3-5-11(17)13-15-12-7-6-10(14)9-18(12)16-13/h6-7,9,11H,2-5,8H2,1H3. The van der Waals surface area contributed by atoms with Crippen molar-refractivity contribution in [2.24, 2.45) is 0 Å². The minimum atomic E-state index is 0.391. The number of rotatable bonds is 2. The van der Waals surface area contributed by atoms with Gasteiger partial charge in [-0.25, -0.2) is 9.50 Å². The average Bonchev–Trinajstić information content (AvgIpc) is 2.81. The number of pyridine rings is 1. The zero-order valence-electron chi connectivity index (χ0n) is 10.5. The highest BCUT2D eigenvalue weighted by Gasteiger charge is 2.26. The summed E-state index contributed by atoms with van der Waals surface area (Å²) in [6.07, 6.45) is 5.71. The predicted molar refractivity (Wildman–Crippen MR) is 74.5 cm³/mol. The van der Waals surface area contributed by atoms with Crippen molar-refractivity contribution in [2.45, 2.75) is 32.2 Å². The summed E-state index contributed by atoms with van der Waals surface area (Å²) in [5.41, 5.74) is 0.926. The second-order valence-corrected chi connectivity index (χ2v) is 5.68. The molecule has 1 atom stereocenters. The topological polar surface area (TPSA) is 33.4 Å². The van der Waals surface area contributed by atoms with Gasteiger partial charge in [0.05, 0.1) is 6.04 Å². The number of hydrogen-bond donors (Lipinski definition) is 0. The van der Waals surface area contributed by atoms with Gasteiger partial charge in [0.1, 0.15) is 0 Å². The average molecular weight is 309 g/mol. The summed E-state index contributed by atoms with van der Waals surface area (Å²) in [6.45, 7) is 4.45. The molecular weight excluding hydrogens is 292 g/mol. The smallest absolute Gasteiger partial charge is 0.168 e. The van der Waals surface area contributed by atoms with E-state index in [1.165, 1.54) is 25.8 Å². The van der Waals surface area contributed by atoms with Crippen LogP contribution >= 0.6 is 15.9 Å². The largest absolute Gasteiger partial charge is 0.294 e. The highest BCUT2D eigenvalue weighted by molar-refractivity contribution is 9.10. The van der Waals surface area contributed by atoms with Gasteiger partial charge >= 0.3 is 0 Å². The molecule has 5 heteroatoms. The Bertz CT molecular complexity index is 551. The number of hydrogen-bond acceptors (Lipinski definition) is 3. The monoisotopic (exact) mass is 308 g/mol. The van der Waals surface area contributed by atoms with Gasteiger partial charge in [-0.05, 0) is 54.0 Å². The molecule has 1 unspecified atom stereocenters. The fourth-order valence-electron chi connectivity index (χ4n) is 2.68. The van der Waals surface area contributed by atoms with Gasteiger partial charge < -0.3 is 0 Å². The van der Waals surface area contributed by atoms with Crippen LogP contribution in [0.4, 0.5) is 0 Å². The number of piperidine rings is 1. The fraction of sp³-hybridized carbons (Fsp3) is 0.538. The molecule has 0 aliphatic carbocycles. The summed E-state index contributed by atoms with van der Waals surface area (Å²) in [6, 6.07) is 4.40. The first-order chi connectivity index (χ1) is 8.78. The van der Waals surface area contributed by atoms with Gasteiger partial charge in [-0.1, -0.05) is 13.3 Å². The van der Waals surface area contributed by atoms with Gasteiger partial charge in [0.25, 0.3) is 0 Å².